The molecule has 148 valence electrons. The highest BCUT2D eigenvalue weighted by molar-refractivity contribution is 5.79. The highest BCUT2D eigenvalue weighted by Gasteiger charge is 2.36. The molecule has 4 nitrogen and oxygen atoms in total. The minimum atomic E-state index is -0.370. The molecule has 0 saturated heterocycles. The standard InChI is InChI=1S/C24H29NO3/c1-17-10-12-24(13-11-17,14-15-26)25-23(27)28-16-22-20-8-4-2-6-18(20)19-7-3-5-9-21(19)22/h2-9,17,22,26H,10-16H2,1H3,(H,25,27). The summed E-state index contributed by atoms with van der Waals surface area (Å²) in [5.41, 5.74) is 4.56. The number of amides is 1. The second-order valence-corrected chi connectivity index (χ2v) is 8.39. The third kappa shape index (κ3) is 3.66. The molecule has 2 N–H and O–H groups in total. The first-order valence-electron chi connectivity index (χ1n) is 10.4. The molecular formula is C24H29NO3. The summed E-state index contributed by atoms with van der Waals surface area (Å²) in [6.45, 7) is 2.65. The summed E-state index contributed by atoms with van der Waals surface area (Å²) in [4.78, 5) is 12.6. The van der Waals surface area contributed by atoms with Gasteiger partial charge in [-0.15, -0.1) is 0 Å². The van der Waals surface area contributed by atoms with Crippen molar-refractivity contribution < 1.29 is 14.6 Å². The van der Waals surface area contributed by atoms with Crippen molar-refractivity contribution in [3.63, 3.8) is 0 Å². The molecule has 1 fully saturated rings. The van der Waals surface area contributed by atoms with Crippen molar-refractivity contribution in [2.24, 2.45) is 5.92 Å². The molecule has 1 saturated carbocycles. The first kappa shape index (κ1) is 19.0. The van der Waals surface area contributed by atoms with E-state index in [1.807, 2.05) is 24.3 Å². The zero-order valence-electron chi connectivity index (χ0n) is 16.5. The minimum absolute atomic E-state index is 0.0679. The van der Waals surface area contributed by atoms with Crippen LogP contribution in [0.25, 0.3) is 11.1 Å². The monoisotopic (exact) mass is 379 g/mol. The number of nitrogens with one attached hydrogen (secondary N) is 1. The van der Waals surface area contributed by atoms with Crippen LogP contribution in [0.3, 0.4) is 0 Å². The molecule has 0 radical (unpaired) electrons. The van der Waals surface area contributed by atoms with Gasteiger partial charge < -0.3 is 15.2 Å². The van der Waals surface area contributed by atoms with Gasteiger partial charge in [-0.3, -0.25) is 0 Å². The molecule has 0 aliphatic heterocycles. The smallest absolute Gasteiger partial charge is 0.407 e. The lowest BCUT2D eigenvalue weighted by molar-refractivity contribution is 0.103. The molecule has 1 amide bonds. The Morgan fingerprint density at radius 2 is 1.64 bits per heavy atom. The van der Waals surface area contributed by atoms with E-state index in [9.17, 15) is 9.90 Å². The van der Waals surface area contributed by atoms with Crippen LogP contribution >= 0.6 is 0 Å². The second kappa shape index (κ2) is 7.96. The maximum Gasteiger partial charge on any atom is 0.407 e. The quantitative estimate of drug-likeness (QED) is 0.780. The Morgan fingerprint density at radius 3 is 2.21 bits per heavy atom. The minimum Gasteiger partial charge on any atom is -0.449 e. The Balaban J connectivity index is 1.45. The lowest BCUT2D eigenvalue weighted by atomic mass is 9.75. The van der Waals surface area contributed by atoms with Crippen LogP contribution in [-0.2, 0) is 4.74 Å². The summed E-state index contributed by atoms with van der Waals surface area (Å²) in [5, 5.41) is 12.6. The highest BCUT2D eigenvalue weighted by Crippen LogP contribution is 2.44. The van der Waals surface area contributed by atoms with Crippen molar-refractivity contribution in [3.8, 4) is 11.1 Å². The molecule has 4 heteroatoms. The number of alkyl carbamates (subject to hydrolysis) is 1. The largest absolute Gasteiger partial charge is 0.449 e. The van der Waals surface area contributed by atoms with Gasteiger partial charge in [0.05, 0.1) is 0 Å². The van der Waals surface area contributed by atoms with E-state index < -0.39 is 0 Å². The fourth-order valence-electron chi connectivity index (χ4n) is 4.82. The van der Waals surface area contributed by atoms with Gasteiger partial charge in [-0.1, -0.05) is 55.5 Å². The second-order valence-electron chi connectivity index (χ2n) is 8.39. The number of benzene rings is 2. The van der Waals surface area contributed by atoms with E-state index in [4.69, 9.17) is 4.74 Å². The predicted molar refractivity (Wildman–Crippen MR) is 110 cm³/mol. The van der Waals surface area contributed by atoms with Crippen LogP contribution in [0.5, 0.6) is 0 Å². The van der Waals surface area contributed by atoms with Crippen molar-refractivity contribution in [3.05, 3.63) is 59.7 Å². The normalized spacial score (nSPS) is 23.7. The summed E-state index contributed by atoms with van der Waals surface area (Å²) in [6, 6.07) is 16.7. The average molecular weight is 380 g/mol. The van der Waals surface area contributed by atoms with Crippen LogP contribution in [-0.4, -0.2) is 30.0 Å². The Bertz CT molecular complexity index is 794. The van der Waals surface area contributed by atoms with Gasteiger partial charge in [0.15, 0.2) is 0 Å². The molecule has 4 rings (SSSR count). The molecule has 0 heterocycles. The SMILES string of the molecule is CC1CCC(CCO)(NC(=O)OCC2c3ccccc3-c3ccccc32)CC1. The summed E-state index contributed by atoms with van der Waals surface area (Å²) in [6.07, 6.45) is 4.17. The lowest BCUT2D eigenvalue weighted by Gasteiger charge is -2.39. The van der Waals surface area contributed by atoms with Crippen LogP contribution in [0.1, 0.15) is 56.1 Å². The van der Waals surface area contributed by atoms with E-state index in [1.54, 1.807) is 0 Å². The topological polar surface area (TPSA) is 58.6 Å². The molecule has 2 aliphatic rings. The Labute approximate surface area is 166 Å². The molecule has 2 aromatic carbocycles. The van der Waals surface area contributed by atoms with Gasteiger partial charge in [-0.2, -0.15) is 0 Å². The summed E-state index contributed by atoms with van der Waals surface area (Å²) in [7, 11) is 0. The number of fused-ring (bicyclic) bond motifs is 3. The van der Waals surface area contributed by atoms with Crippen LogP contribution in [0.2, 0.25) is 0 Å². The lowest BCUT2D eigenvalue weighted by Crippen LogP contribution is -2.51. The molecule has 0 unspecified atom stereocenters. The zero-order valence-corrected chi connectivity index (χ0v) is 16.5. The summed E-state index contributed by atoms with van der Waals surface area (Å²) >= 11 is 0. The van der Waals surface area contributed by atoms with Gasteiger partial charge in [0, 0.05) is 18.1 Å². The van der Waals surface area contributed by atoms with Crippen molar-refractivity contribution >= 4 is 6.09 Å². The third-order valence-electron chi connectivity index (χ3n) is 6.53. The first-order valence-corrected chi connectivity index (χ1v) is 10.4. The number of rotatable bonds is 5. The molecule has 0 spiro atoms. The summed E-state index contributed by atoms with van der Waals surface area (Å²) in [5.74, 6) is 0.745. The third-order valence-corrected chi connectivity index (χ3v) is 6.53. The van der Waals surface area contributed by atoms with E-state index in [1.165, 1.54) is 22.3 Å². The van der Waals surface area contributed by atoms with E-state index >= 15 is 0 Å². The molecule has 28 heavy (non-hydrogen) atoms. The van der Waals surface area contributed by atoms with E-state index in [-0.39, 0.29) is 24.2 Å². The average Bonchev–Trinajstić information content (AvgIpc) is 3.03. The van der Waals surface area contributed by atoms with E-state index in [2.05, 4.69) is 36.5 Å². The number of ether oxygens (including phenoxy) is 1. The molecule has 0 aromatic heterocycles. The number of aliphatic hydroxyl groups excluding tert-OH is 1. The maximum absolute atomic E-state index is 12.6. The van der Waals surface area contributed by atoms with E-state index in [0.717, 1.165) is 25.7 Å². The maximum atomic E-state index is 12.6. The predicted octanol–water partition coefficient (Wildman–Crippen LogP) is 4.86. The Morgan fingerprint density at radius 1 is 1.07 bits per heavy atom. The molecule has 2 aromatic rings. The van der Waals surface area contributed by atoms with Crippen LogP contribution in [0.4, 0.5) is 4.79 Å². The fourth-order valence-corrected chi connectivity index (χ4v) is 4.82. The molecule has 0 atom stereocenters. The van der Waals surface area contributed by atoms with Crippen molar-refractivity contribution in [1.82, 2.24) is 5.32 Å². The highest BCUT2D eigenvalue weighted by atomic mass is 16.5. The van der Waals surface area contributed by atoms with Crippen molar-refractivity contribution in [2.45, 2.75) is 50.5 Å². The first-order chi connectivity index (χ1) is 13.6. The van der Waals surface area contributed by atoms with Crippen molar-refractivity contribution in [2.75, 3.05) is 13.2 Å². The Hall–Kier alpha value is -2.33. The van der Waals surface area contributed by atoms with Crippen LogP contribution in [0.15, 0.2) is 48.5 Å². The molecule has 0 bridgehead atoms. The van der Waals surface area contributed by atoms with Gasteiger partial charge in [0.2, 0.25) is 0 Å². The molecule has 2 aliphatic carbocycles. The van der Waals surface area contributed by atoms with Gasteiger partial charge in [0.1, 0.15) is 6.61 Å². The number of hydrogen-bond donors (Lipinski definition) is 2. The van der Waals surface area contributed by atoms with Crippen LogP contribution < -0.4 is 5.32 Å². The van der Waals surface area contributed by atoms with Gasteiger partial charge in [0.25, 0.3) is 0 Å². The number of hydrogen-bond acceptors (Lipinski definition) is 3. The van der Waals surface area contributed by atoms with Crippen molar-refractivity contribution in [1.29, 1.82) is 0 Å². The van der Waals surface area contributed by atoms with Gasteiger partial charge in [-0.25, -0.2) is 4.79 Å². The van der Waals surface area contributed by atoms with E-state index in [0.29, 0.717) is 18.9 Å². The number of aliphatic hydroxyl groups is 1. The van der Waals surface area contributed by atoms with Gasteiger partial charge in [-0.05, 0) is 60.3 Å². The Kier molecular flexibility index (Phi) is 5.40. The molecular weight excluding hydrogens is 350 g/mol. The van der Waals surface area contributed by atoms with Crippen LogP contribution in [0, 0.1) is 5.92 Å². The zero-order chi connectivity index (χ0) is 19.6. The number of carbonyl (C=O) groups excluding carboxylic acids is 1. The fraction of sp³-hybridized carbons (Fsp3) is 0.458. The summed E-state index contributed by atoms with van der Waals surface area (Å²) < 4.78 is 5.71. The number of carbonyl (C=O) groups is 1. The van der Waals surface area contributed by atoms with Gasteiger partial charge >= 0.3 is 6.09 Å².